The second-order valence-corrected chi connectivity index (χ2v) is 4.69. The van der Waals surface area contributed by atoms with Gasteiger partial charge in [0, 0.05) is 13.6 Å². The van der Waals surface area contributed by atoms with E-state index in [1.54, 1.807) is 7.05 Å². The molecule has 2 N–H and O–H groups in total. The summed E-state index contributed by atoms with van der Waals surface area (Å²) in [5, 5.41) is 9.68. The fourth-order valence-corrected chi connectivity index (χ4v) is 1.97. The van der Waals surface area contributed by atoms with E-state index in [-0.39, 0.29) is 0 Å². The van der Waals surface area contributed by atoms with Gasteiger partial charge < -0.3 is 0 Å². The molecule has 0 spiro atoms. The molecule has 7 heteroatoms. The van der Waals surface area contributed by atoms with Gasteiger partial charge in [-0.1, -0.05) is 30.3 Å². The van der Waals surface area contributed by atoms with Gasteiger partial charge in [-0.2, -0.15) is 9.35 Å². The van der Waals surface area contributed by atoms with Gasteiger partial charge in [0.1, 0.15) is 5.75 Å². The normalized spacial score (nSPS) is 12.4. The maximum absolute atomic E-state index is 11.3. The average Bonchev–Trinajstić information content (AvgIpc) is 2.37. The van der Waals surface area contributed by atoms with Gasteiger partial charge in [0.15, 0.2) is 11.1 Å². The third-order valence-electron chi connectivity index (χ3n) is 2.14. The number of nitrogens with zero attached hydrogens (tertiary/aromatic N) is 1. The molecule has 0 saturated carbocycles. The zero-order valence-corrected chi connectivity index (χ0v) is 10.9. The van der Waals surface area contributed by atoms with Crippen LogP contribution in [-0.2, 0) is 26.6 Å². The van der Waals surface area contributed by atoms with Gasteiger partial charge in [-0.3, -0.25) is 10.0 Å². The van der Waals surface area contributed by atoms with E-state index in [2.05, 4.69) is 0 Å². The van der Waals surface area contributed by atoms with Crippen molar-refractivity contribution in [1.29, 1.82) is 0 Å². The van der Waals surface area contributed by atoms with E-state index in [4.69, 9.17) is 9.49 Å². The molecule has 0 aromatic heterocycles. The largest absolute Gasteiger partial charge is 0.289 e. The molecule has 1 aromatic rings. The highest BCUT2D eigenvalue weighted by molar-refractivity contribution is 7.80. The Morgan fingerprint density at radius 2 is 2.11 bits per heavy atom. The lowest BCUT2D eigenvalue weighted by molar-refractivity contribution is -0.126. The van der Waals surface area contributed by atoms with Crippen molar-refractivity contribution in [3.63, 3.8) is 0 Å². The van der Waals surface area contributed by atoms with E-state index in [1.165, 1.54) is 10.5 Å². The minimum atomic E-state index is -1.78. The molecule has 0 saturated heterocycles. The van der Waals surface area contributed by atoms with Crippen LogP contribution in [0.4, 0.5) is 0 Å². The molecule has 1 unspecified atom stereocenters. The first kappa shape index (κ1) is 14.8. The Morgan fingerprint density at radius 3 is 2.72 bits per heavy atom. The van der Waals surface area contributed by atoms with Crippen LogP contribution >= 0.6 is 0 Å². The number of amides is 1. The van der Waals surface area contributed by atoms with E-state index < -0.39 is 22.7 Å². The number of hydrogen-bond acceptors (Lipinski definition) is 5. The first-order chi connectivity index (χ1) is 8.61. The molecule has 100 valence electrons. The van der Waals surface area contributed by atoms with Crippen LogP contribution in [0, 0.1) is 0 Å². The van der Waals surface area contributed by atoms with Crippen molar-refractivity contribution in [1.82, 2.24) is 10.5 Å². The van der Waals surface area contributed by atoms with Crippen LogP contribution in [0.5, 0.6) is 0 Å². The smallest absolute Gasteiger partial charge is 0.258 e. The van der Waals surface area contributed by atoms with Crippen LogP contribution in [-0.4, -0.2) is 39.7 Å². The quantitative estimate of drug-likeness (QED) is 0.550. The van der Waals surface area contributed by atoms with Crippen molar-refractivity contribution in [2.45, 2.75) is 6.42 Å². The molecule has 0 bridgehead atoms. The molecule has 6 nitrogen and oxygen atoms in total. The lowest BCUT2D eigenvalue weighted by Gasteiger charge is -2.14. The summed E-state index contributed by atoms with van der Waals surface area (Å²) in [6.07, 6.45) is 0.751. The number of nitrogens with one attached hydrogen (secondary N) is 1. The second kappa shape index (κ2) is 7.93. The number of carbonyl (C=O) groups is 1. The van der Waals surface area contributed by atoms with Crippen LogP contribution in [0.1, 0.15) is 5.56 Å². The third kappa shape index (κ3) is 5.87. The average molecular weight is 272 g/mol. The third-order valence-corrected chi connectivity index (χ3v) is 3.06. The van der Waals surface area contributed by atoms with E-state index in [0.29, 0.717) is 6.54 Å². The highest BCUT2D eigenvalue weighted by Crippen LogP contribution is 2.01. The summed E-state index contributed by atoms with van der Waals surface area (Å²) in [7, 11) is 1.64. The van der Waals surface area contributed by atoms with E-state index in [0.717, 1.165) is 12.0 Å². The lowest BCUT2D eigenvalue weighted by Crippen LogP contribution is -2.30. The Hall–Kier alpha value is -1.28. The molecule has 0 radical (unpaired) electrons. The van der Waals surface area contributed by atoms with Crippen molar-refractivity contribution in [2.24, 2.45) is 0 Å². The fourth-order valence-electron chi connectivity index (χ4n) is 1.28. The van der Waals surface area contributed by atoms with Crippen molar-refractivity contribution >= 4 is 17.0 Å². The standard InChI is InChI=1S/C11H16N2O4S/c1-13(17-18(16)9-11(14)12-15)8-7-10-5-3-2-4-6-10/h2-6,15H,7-9H2,1H3,(H,12,14). The molecule has 1 amide bonds. The summed E-state index contributed by atoms with van der Waals surface area (Å²) >= 11 is -1.78. The van der Waals surface area contributed by atoms with E-state index >= 15 is 0 Å². The maximum atomic E-state index is 11.3. The maximum Gasteiger partial charge on any atom is 0.258 e. The molecule has 0 aliphatic heterocycles. The van der Waals surface area contributed by atoms with Crippen molar-refractivity contribution in [3.05, 3.63) is 35.9 Å². The summed E-state index contributed by atoms with van der Waals surface area (Å²) < 4.78 is 16.3. The van der Waals surface area contributed by atoms with Crippen molar-refractivity contribution in [3.8, 4) is 0 Å². The monoisotopic (exact) mass is 272 g/mol. The Morgan fingerprint density at radius 1 is 1.44 bits per heavy atom. The molecule has 1 atom stereocenters. The van der Waals surface area contributed by atoms with Gasteiger partial charge in [-0.25, -0.2) is 9.69 Å². The van der Waals surface area contributed by atoms with Crippen LogP contribution in [0.15, 0.2) is 30.3 Å². The topological polar surface area (TPSA) is 78.9 Å². The molecule has 0 aliphatic rings. The lowest BCUT2D eigenvalue weighted by atomic mass is 10.1. The predicted molar refractivity (Wildman–Crippen MR) is 66.8 cm³/mol. The Bertz CT molecular complexity index is 399. The molecule has 0 fully saturated rings. The summed E-state index contributed by atoms with van der Waals surface area (Å²) in [5.74, 6) is -1.14. The molecule has 0 aliphatic carbocycles. The van der Waals surface area contributed by atoms with Crippen molar-refractivity contribution in [2.75, 3.05) is 19.3 Å². The van der Waals surface area contributed by atoms with Gasteiger partial charge in [0.25, 0.3) is 5.91 Å². The summed E-state index contributed by atoms with van der Waals surface area (Å²) in [5.41, 5.74) is 2.54. The Labute approximate surface area is 108 Å². The van der Waals surface area contributed by atoms with Crippen LogP contribution < -0.4 is 5.48 Å². The van der Waals surface area contributed by atoms with Gasteiger partial charge in [-0.05, 0) is 12.0 Å². The van der Waals surface area contributed by atoms with E-state index in [1.807, 2.05) is 30.3 Å². The van der Waals surface area contributed by atoms with Gasteiger partial charge in [0.2, 0.25) is 0 Å². The van der Waals surface area contributed by atoms with Crippen LogP contribution in [0.3, 0.4) is 0 Å². The number of carbonyl (C=O) groups excluding carboxylic acids is 1. The van der Waals surface area contributed by atoms with Crippen LogP contribution in [0.2, 0.25) is 0 Å². The minimum Gasteiger partial charge on any atom is -0.289 e. The molecular weight excluding hydrogens is 256 g/mol. The first-order valence-electron chi connectivity index (χ1n) is 5.36. The van der Waals surface area contributed by atoms with Crippen LogP contribution in [0.25, 0.3) is 0 Å². The highest BCUT2D eigenvalue weighted by atomic mass is 32.2. The summed E-state index contributed by atoms with van der Waals surface area (Å²) in [4.78, 5) is 10.7. The molecule has 18 heavy (non-hydrogen) atoms. The first-order valence-corrected chi connectivity index (χ1v) is 6.61. The summed E-state index contributed by atoms with van der Waals surface area (Å²) in [6.45, 7) is 0.552. The Kier molecular flexibility index (Phi) is 6.51. The predicted octanol–water partition coefficient (Wildman–Crippen LogP) is 0.262. The second-order valence-electron chi connectivity index (χ2n) is 3.64. The highest BCUT2D eigenvalue weighted by Gasteiger charge is 2.10. The van der Waals surface area contributed by atoms with Gasteiger partial charge >= 0.3 is 0 Å². The SMILES string of the molecule is CN(CCc1ccccc1)OS(=O)CC(=O)NO. The minimum absolute atomic E-state index is 0.397. The molecular formula is C11H16N2O4S. The number of benzene rings is 1. The number of hydroxylamine groups is 3. The van der Waals surface area contributed by atoms with Crippen molar-refractivity contribution < 1.29 is 18.5 Å². The summed E-state index contributed by atoms with van der Waals surface area (Å²) in [6, 6.07) is 9.81. The fraction of sp³-hybridized carbons (Fsp3) is 0.364. The van der Waals surface area contributed by atoms with Gasteiger partial charge in [0.05, 0.1) is 0 Å². The number of hydrogen-bond donors (Lipinski definition) is 2. The molecule has 1 aromatic carbocycles. The zero-order chi connectivity index (χ0) is 13.4. The molecule has 0 heterocycles. The number of rotatable bonds is 7. The van der Waals surface area contributed by atoms with E-state index in [9.17, 15) is 9.00 Å². The Balaban J connectivity index is 2.27. The molecule has 1 rings (SSSR count). The zero-order valence-electron chi connectivity index (χ0n) is 10.0. The number of likely N-dealkylation sites (N-methyl/N-ethyl adjacent to an activating group) is 1. The van der Waals surface area contributed by atoms with Gasteiger partial charge in [-0.15, -0.1) is 0 Å².